The van der Waals surface area contributed by atoms with Gasteiger partial charge in [-0.25, -0.2) is 0 Å². The van der Waals surface area contributed by atoms with Crippen LogP contribution in [0, 0.1) is 6.92 Å². The first-order valence-corrected chi connectivity index (χ1v) is 5.56. The Balaban J connectivity index is 2.25. The number of benzene rings is 1. The highest BCUT2D eigenvalue weighted by Crippen LogP contribution is 2.19. The van der Waals surface area contributed by atoms with Gasteiger partial charge in [-0.3, -0.25) is 0 Å². The second-order valence-electron chi connectivity index (χ2n) is 3.78. The van der Waals surface area contributed by atoms with Gasteiger partial charge in [0.25, 0.3) is 0 Å². The molecule has 0 fully saturated rings. The molecule has 2 N–H and O–H groups in total. The largest absolute Gasteiger partial charge is 0.395 e. The van der Waals surface area contributed by atoms with Crippen LogP contribution in [0.4, 0.5) is 5.82 Å². The van der Waals surface area contributed by atoms with Crippen LogP contribution in [0.5, 0.6) is 0 Å². The number of nitrogens with zero attached hydrogens (tertiary/aromatic N) is 2. The normalized spacial score (nSPS) is 10.2. The summed E-state index contributed by atoms with van der Waals surface area (Å²) in [7, 11) is 0. The summed E-state index contributed by atoms with van der Waals surface area (Å²) in [6, 6.07) is 11.9. The van der Waals surface area contributed by atoms with E-state index in [1.807, 2.05) is 43.3 Å². The SMILES string of the molecule is Cc1cc(-c2ccccc2)nnc1NCCO. The van der Waals surface area contributed by atoms with Gasteiger partial charge in [-0.15, -0.1) is 10.2 Å². The number of anilines is 1. The van der Waals surface area contributed by atoms with E-state index in [4.69, 9.17) is 5.11 Å². The molecule has 0 aliphatic rings. The predicted octanol–water partition coefficient (Wildman–Crippen LogP) is 1.86. The van der Waals surface area contributed by atoms with Gasteiger partial charge in [-0.2, -0.15) is 0 Å². The second-order valence-corrected chi connectivity index (χ2v) is 3.78. The van der Waals surface area contributed by atoms with Crippen molar-refractivity contribution < 1.29 is 5.11 Å². The molecule has 0 aliphatic carbocycles. The van der Waals surface area contributed by atoms with Crippen molar-refractivity contribution in [3.63, 3.8) is 0 Å². The lowest BCUT2D eigenvalue weighted by molar-refractivity contribution is 0.311. The molecule has 2 aromatic rings. The molecule has 1 aromatic heterocycles. The number of aromatic nitrogens is 2. The van der Waals surface area contributed by atoms with E-state index in [0.29, 0.717) is 6.54 Å². The lowest BCUT2D eigenvalue weighted by Crippen LogP contribution is -2.09. The average Bonchev–Trinajstić information content (AvgIpc) is 2.38. The topological polar surface area (TPSA) is 58.0 Å². The molecule has 1 aromatic carbocycles. The van der Waals surface area contributed by atoms with Gasteiger partial charge >= 0.3 is 0 Å². The van der Waals surface area contributed by atoms with Crippen LogP contribution in [0.25, 0.3) is 11.3 Å². The summed E-state index contributed by atoms with van der Waals surface area (Å²) in [6.07, 6.45) is 0. The van der Waals surface area contributed by atoms with Crippen LogP contribution in [-0.4, -0.2) is 28.5 Å². The molecule has 0 spiro atoms. The molecule has 1 heterocycles. The lowest BCUT2D eigenvalue weighted by atomic mass is 10.1. The van der Waals surface area contributed by atoms with Crippen LogP contribution in [0.15, 0.2) is 36.4 Å². The van der Waals surface area contributed by atoms with Crippen molar-refractivity contribution in [1.29, 1.82) is 0 Å². The third-order valence-corrected chi connectivity index (χ3v) is 2.46. The van der Waals surface area contributed by atoms with Crippen molar-refractivity contribution >= 4 is 5.82 Å². The van der Waals surface area contributed by atoms with Gasteiger partial charge in [0.15, 0.2) is 5.82 Å². The van der Waals surface area contributed by atoms with E-state index in [2.05, 4.69) is 15.5 Å². The molecule has 4 nitrogen and oxygen atoms in total. The van der Waals surface area contributed by atoms with Crippen molar-refractivity contribution in [1.82, 2.24) is 10.2 Å². The fourth-order valence-corrected chi connectivity index (χ4v) is 1.58. The first-order chi connectivity index (χ1) is 8.31. The minimum absolute atomic E-state index is 0.0849. The fraction of sp³-hybridized carbons (Fsp3) is 0.231. The number of aliphatic hydroxyl groups is 1. The van der Waals surface area contributed by atoms with Crippen molar-refractivity contribution in [2.75, 3.05) is 18.5 Å². The summed E-state index contributed by atoms with van der Waals surface area (Å²) in [4.78, 5) is 0. The molecule has 0 atom stereocenters. The van der Waals surface area contributed by atoms with Crippen LogP contribution in [0.3, 0.4) is 0 Å². The smallest absolute Gasteiger partial charge is 0.151 e. The van der Waals surface area contributed by atoms with E-state index >= 15 is 0 Å². The molecule has 0 radical (unpaired) electrons. The lowest BCUT2D eigenvalue weighted by Gasteiger charge is -2.07. The van der Waals surface area contributed by atoms with Gasteiger partial charge in [-0.05, 0) is 18.6 Å². The van der Waals surface area contributed by atoms with E-state index in [1.165, 1.54) is 0 Å². The molecule has 0 amide bonds. The molecule has 17 heavy (non-hydrogen) atoms. The molecule has 88 valence electrons. The molecule has 2 rings (SSSR count). The maximum absolute atomic E-state index is 8.74. The standard InChI is InChI=1S/C13H15N3O/c1-10-9-12(11-5-3-2-4-6-11)15-16-13(10)14-7-8-17/h2-6,9,17H,7-8H2,1H3,(H,14,16). The monoisotopic (exact) mass is 229 g/mol. The summed E-state index contributed by atoms with van der Waals surface area (Å²) in [6.45, 7) is 2.54. The Kier molecular flexibility index (Phi) is 3.67. The Labute approximate surface area is 100 Å². The third-order valence-electron chi connectivity index (χ3n) is 2.46. The van der Waals surface area contributed by atoms with Crippen molar-refractivity contribution in [3.8, 4) is 11.3 Å². The highest BCUT2D eigenvalue weighted by atomic mass is 16.3. The minimum Gasteiger partial charge on any atom is -0.395 e. The zero-order chi connectivity index (χ0) is 12.1. The van der Waals surface area contributed by atoms with Crippen molar-refractivity contribution in [2.24, 2.45) is 0 Å². The van der Waals surface area contributed by atoms with Crippen LogP contribution in [-0.2, 0) is 0 Å². The van der Waals surface area contributed by atoms with E-state index in [9.17, 15) is 0 Å². The van der Waals surface area contributed by atoms with E-state index in [-0.39, 0.29) is 6.61 Å². The summed E-state index contributed by atoms with van der Waals surface area (Å²) in [5, 5.41) is 20.0. The van der Waals surface area contributed by atoms with Gasteiger partial charge in [-0.1, -0.05) is 30.3 Å². The summed E-state index contributed by atoms with van der Waals surface area (Å²) >= 11 is 0. The van der Waals surface area contributed by atoms with E-state index < -0.39 is 0 Å². The van der Waals surface area contributed by atoms with Gasteiger partial charge < -0.3 is 10.4 Å². The van der Waals surface area contributed by atoms with E-state index in [0.717, 1.165) is 22.6 Å². The van der Waals surface area contributed by atoms with Crippen molar-refractivity contribution in [3.05, 3.63) is 42.0 Å². The van der Waals surface area contributed by atoms with Gasteiger partial charge in [0, 0.05) is 12.1 Å². The minimum atomic E-state index is 0.0849. The summed E-state index contributed by atoms with van der Waals surface area (Å²) < 4.78 is 0. The highest BCUT2D eigenvalue weighted by molar-refractivity contribution is 5.61. The Bertz CT molecular complexity index is 485. The molecule has 0 saturated heterocycles. The fourth-order valence-electron chi connectivity index (χ4n) is 1.58. The maximum atomic E-state index is 8.74. The number of hydrogen-bond acceptors (Lipinski definition) is 4. The zero-order valence-corrected chi connectivity index (χ0v) is 9.72. The van der Waals surface area contributed by atoms with Crippen LogP contribution in [0.2, 0.25) is 0 Å². The van der Waals surface area contributed by atoms with Gasteiger partial charge in [0.1, 0.15) is 0 Å². The molecule has 0 bridgehead atoms. The van der Waals surface area contributed by atoms with E-state index in [1.54, 1.807) is 0 Å². The highest BCUT2D eigenvalue weighted by Gasteiger charge is 2.04. The molecule has 0 unspecified atom stereocenters. The van der Waals surface area contributed by atoms with Gasteiger partial charge in [0.2, 0.25) is 0 Å². The number of aryl methyl sites for hydroxylation is 1. The number of hydrogen-bond donors (Lipinski definition) is 2. The molecular formula is C13H15N3O. The summed E-state index contributed by atoms with van der Waals surface area (Å²) in [5.41, 5.74) is 2.93. The number of nitrogens with one attached hydrogen (secondary N) is 1. The van der Waals surface area contributed by atoms with Crippen LogP contribution < -0.4 is 5.32 Å². The van der Waals surface area contributed by atoms with Crippen LogP contribution in [0.1, 0.15) is 5.56 Å². The Morgan fingerprint density at radius 3 is 2.59 bits per heavy atom. The third kappa shape index (κ3) is 2.79. The summed E-state index contributed by atoms with van der Waals surface area (Å²) in [5.74, 6) is 0.721. The van der Waals surface area contributed by atoms with Gasteiger partial charge in [0.05, 0.1) is 12.3 Å². The Hall–Kier alpha value is -1.94. The molecule has 0 saturated carbocycles. The molecule has 0 aliphatic heterocycles. The average molecular weight is 229 g/mol. The predicted molar refractivity (Wildman–Crippen MR) is 67.8 cm³/mol. The first-order valence-electron chi connectivity index (χ1n) is 5.56. The maximum Gasteiger partial charge on any atom is 0.151 e. The number of rotatable bonds is 4. The second kappa shape index (κ2) is 5.41. The number of aliphatic hydroxyl groups excluding tert-OH is 1. The molecule has 4 heteroatoms. The quantitative estimate of drug-likeness (QED) is 0.840. The van der Waals surface area contributed by atoms with Crippen molar-refractivity contribution in [2.45, 2.75) is 6.92 Å². The Morgan fingerprint density at radius 1 is 1.18 bits per heavy atom. The zero-order valence-electron chi connectivity index (χ0n) is 9.72. The Morgan fingerprint density at radius 2 is 1.94 bits per heavy atom. The van der Waals surface area contributed by atoms with Crippen LogP contribution >= 0.6 is 0 Å². The first kappa shape index (κ1) is 11.5. The molecular weight excluding hydrogens is 214 g/mol.